The summed E-state index contributed by atoms with van der Waals surface area (Å²) >= 11 is 0. The molecule has 0 aliphatic carbocycles. The summed E-state index contributed by atoms with van der Waals surface area (Å²) in [4.78, 5) is 10.9. The highest BCUT2D eigenvalue weighted by Crippen LogP contribution is 2.25. The molecule has 0 aliphatic rings. The van der Waals surface area contributed by atoms with Gasteiger partial charge in [0.1, 0.15) is 30.6 Å². The molecule has 2 aromatic carbocycles. The van der Waals surface area contributed by atoms with E-state index in [-0.39, 0.29) is 5.57 Å². The van der Waals surface area contributed by atoms with Crippen molar-refractivity contribution in [2.45, 2.75) is 0 Å². The van der Waals surface area contributed by atoms with Gasteiger partial charge in [-0.1, -0.05) is 24.3 Å². The maximum atomic E-state index is 10.9. The highest BCUT2D eigenvalue weighted by molar-refractivity contribution is 5.96. The van der Waals surface area contributed by atoms with Gasteiger partial charge in [0.2, 0.25) is 0 Å². The number of hydrogen-bond acceptors (Lipinski definition) is 5. The fourth-order valence-corrected chi connectivity index (χ4v) is 2.05. The van der Waals surface area contributed by atoms with E-state index >= 15 is 0 Å². The summed E-state index contributed by atoms with van der Waals surface area (Å²) in [5, 5.41) is 17.7. The van der Waals surface area contributed by atoms with Crippen LogP contribution in [0.1, 0.15) is 5.56 Å². The molecule has 6 heteroatoms. The molecule has 0 aromatic heterocycles. The van der Waals surface area contributed by atoms with Crippen LogP contribution in [-0.2, 0) is 4.79 Å². The van der Waals surface area contributed by atoms with Crippen molar-refractivity contribution >= 4 is 12.0 Å². The molecule has 0 fully saturated rings. The van der Waals surface area contributed by atoms with Crippen LogP contribution in [0.5, 0.6) is 17.2 Å². The van der Waals surface area contributed by atoms with Crippen molar-refractivity contribution in [3.63, 3.8) is 0 Å². The molecule has 1 N–H and O–H groups in total. The third-order valence-corrected chi connectivity index (χ3v) is 3.20. The zero-order valence-electron chi connectivity index (χ0n) is 13.6. The molecule has 0 spiro atoms. The Hall–Kier alpha value is -3.46. The Kier molecular flexibility index (Phi) is 6.43. The monoisotopic (exact) mass is 339 g/mol. The molecule has 0 unspecified atom stereocenters. The average molecular weight is 339 g/mol. The summed E-state index contributed by atoms with van der Waals surface area (Å²) in [5.41, 5.74) is 0.235. The van der Waals surface area contributed by atoms with Gasteiger partial charge in [-0.25, -0.2) is 4.79 Å². The Balaban J connectivity index is 1.93. The molecule has 0 radical (unpaired) electrons. The number of para-hydroxylation sites is 2. The van der Waals surface area contributed by atoms with Crippen LogP contribution in [0.25, 0.3) is 6.08 Å². The average Bonchev–Trinajstić information content (AvgIpc) is 2.63. The first kappa shape index (κ1) is 17.9. The van der Waals surface area contributed by atoms with Crippen LogP contribution < -0.4 is 14.2 Å². The number of hydrogen-bond donors (Lipinski definition) is 1. The van der Waals surface area contributed by atoms with E-state index in [1.165, 1.54) is 6.08 Å². The SMILES string of the molecule is COc1ccccc1OCCOc1cccc(/C=C(/C#N)C(=O)O)c1. The van der Waals surface area contributed by atoms with Gasteiger partial charge in [0.15, 0.2) is 11.5 Å². The lowest BCUT2D eigenvalue weighted by atomic mass is 10.1. The topological polar surface area (TPSA) is 88.8 Å². The van der Waals surface area contributed by atoms with E-state index in [9.17, 15) is 4.79 Å². The minimum Gasteiger partial charge on any atom is -0.493 e. The standard InChI is InChI=1S/C19H17NO5/c1-23-17-7-2-3-8-18(17)25-10-9-24-16-6-4-5-14(12-16)11-15(13-20)19(21)22/h2-8,11-12H,9-10H2,1H3,(H,21,22)/b15-11-. The smallest absolute Gasteiger partial charge is 0.346 e. The highest BCUT2D eigenvalue weighted by Gasteiger charge is 2.06. The summed E-state index contributed by atoms with van der Waals surface area (Å²) in [5.74, 6) is 0.567. The zero-order valence-corrected chi connectivity index (χ0v) is 13.6. The molecule has 0 aliphatic heterocycles. The van der Waals surface area contributed by atoms with Crippen LogP contribution in [0.3, 0.4) is 0 Å². The predicted molar refractivity (Wildman–Crippen MR) is 91.7 cm³/mol. The van der Waals surface area contributed by atoms with Crippen molar-refractivity contribution in [2.24, 2.45) is 0 Å². The van der Waals surface area contributed by atoms with Gasteiger partial charge in [-0.15, -0.1) is 0 Å². The van der Waals surface area contributed by atoms with E-state index in [2.05, 4.69) is 0 Å². The lowest BCUT2D eigenvalue weighted by Crippen LogP contribution is -2.09. The molecule has 0 amide bonds. The van der Waals surface area contributed by atoms with Gasteiger partial charge in [-0.2, -0.15) is 5.26 Å². The molecule has 6 nitrogen and oxygen atoms in total. The fourth-order valence-electron chi connectivity index (χ4n) is 2.05. The molecule has 0 saturated heterocycles. The Bertz CT molecular complexity index is 807. The Morgan fingerprint density at radius 2 is 1.84 bits per heavy atom. The zero-order chi connectivity index (χ0) is 18.1. The second-order valence-corrected chi connectivity index (χ2v) is 4.90. The number of nitrogens with zero attached hydrogens (tertiary/aromatic N) is 1. The van der Waals surface area contributed by atoms with Gasteiger partial charge >= 0.3 is 5.97 Å². The second-order valence-electron chi connectivity index (χ2n) is 4.90. The molecule has 128 valence electrons. The fraction of sp³-hybridized carbons (Fsp3) is 0.158. The van der Waals surface area contributed by atoms with Gasteiger partial charge < -0.3 is 19.3 Å². The highest BCUT2D eigenvalue weighted by atomic mass is 16.5. The van der Waals surface area contributed by atoms with Gasteiger partial charge in [-0.3, -0.25) is 0 Å². The van der Waals surface area contributed by atoms with E-state index < -0.39 is 5.97 Å². The van der Waals surface area contributed by atoms with Crippen molar-refractivity contribution < 1.29 is 24.1 Å². The molecule has 2 aromatic rings. The maximum Gasteiger partial charge on any atom is 0.346 e. The largest absolute Gasteiger partial charge is 0.493 e. The number of nitriles is 1. The van der Waals surface area contributed by atoms with Crippen LogP contribution in [0.15, 0.2) is 54.1 Å². The first-order valence-corrected chi connectivity index (χ1v) is 7.48. The summed E-state index contributed by atoms with van der Waals surface area (Å²) in [6.07, 6.45) is 1.29. The number of rotatable bonds is 8. The van der Waals surface area contributed by atoms with Crippen LogP contribution in [-0.4, -0.2) is 31.4 Å². The minimum atomic E-state index is -1.26. The van der Waals surface area contributed by atoms with E-state index in [1.807, 2.05) is 12.1 Å². The number of benzene rings is 2. The summed E-state index contributed by atoms with van der Waals surface area (Å²) < 4.78 is 16.4. The summed E-state index contributed by atoms with van der Waals surface area (Å²) in [6.45, 7) is 0.619. The van der Waals surface area contributed by atoms with Crippen LogP contribution >= 0.6 is 0 Å². The van der Waals surface area contributed by atoms with E-state index in [0.717, 1.165) is 0 Å². The van der Waals surface area contributed by atoms with E-state index in [4.69, 9.17) is 24.6 Å². The normalized spacial score (nSPS) is 10.6. The first-order chi connectivity index (χ1) is 12.1. The van der Waals surface area contributed by atoms with Crippen molar-refractivity contribution in [1.82, 2.24) is 0 Å². The lowest BCUT2D eigenvalue weighted by molar-refractivity contribution is -0.132. The van der Waals surface area contributed by atoms with Gasteiger partial charge in [0, 0.05) is 0 Å². The number of ether oxygens (including phenoxy) is 3. The number of carboxylic acid groups (broad SMARTS) is 1. The minimum absolute atomic E-state index is 0.301. The number of aliphatic carboxylic acids is 1. The van der Waals surface area contributed by atoms with E-state index in [1.54, 1.807) is 49.6 Å². The lowest BCUT2D eigenvalue weighted by Gasteiger charge is -2.11. The van der Waals surface area contributed by atoms with Crippen molar-refractivity contribution in [3.8, 4) is 23.3 Å². The van der Waals surface area contributed by atoms with Crippen LogP contribution in [0.4, 0.5) is 0 Å². The molecule has 0 atom stereocenters. The summed E-state index contributed by atoms with van der Waals surface area (Å²) in [6, 6.07) is 15.8. The Morgan fingerprint density at radius 3 is 2.52 bits per heavy atom. The van der Waals surface area contributed by atoms with E-state index in [0.29, 0.717) is 36.0 Å². The van der Waals surface area contributed by atoms with Crippen molar-refractivity contribution in [1.29, 1.82) is 5.26 Å². The quantitative estimate of drug-likeness (QED) is 0.451. The van der Waals surface area contributed by atoms with Gasteiger partial charge in [-0.05, 0) is 35.9 Å². The number of carbonyl (C=O) groups is 1. The third kappa shape index (κ3) is 5.29. The molecular formula is C19H17NO5. The molecule has 0 bridgehead atoms. The Labute approximate surface area is 145 Å². The maximum absolute atomic E-state index is 10.9. The third-order valence-electron chi connectivity index (χ3n) is 3.20. The van der Waals surface area contributed by atoms with Crippen LogP contribution in [0.2, 0.25) is 0 Å². The molecule has 0 heterocycles. The van der Waals surface area contributed by atoms with Gasteiger partial charge in [0.05, 0.1) is 7.11 Å². The number of carboxylic acids is 1. The van der Waals surface area contributed by atoms with Gasteiger partial charge in [0.25, 0.3) is 0 Å². The molecular weight excluding hydrogens is 322 g/mol. The predicted octanol–water partition coefficient (Wildman–Crippen LogP) is 3.14. The van der Waals surface area contributed by atoms with Crippen molar-refractivity contribution in [2.75, 3.05) is 20.3 Å². The Morgan fingerprint density at radius 1 is 1.12 bits per heavy atom. The molecule has 25 heavy (non-hydrogen) atoms. The number of methoxy groups -OCH3 is 1. The molecule has 2 rings (SSSR count). The molecule has 0 saturated carbocycles. The second kappa shape index (κ2) is 8.99. The van der Waals surface area contributed by atoms with Crippen LogP contribution in [0, 0.1) is 11.3 Å². The summed E-state index contributed by atoms with van der Waals surface area (Å²) in [7, 11) is 1.57. The first-order valence-electron chi connectivity index (χ1n) is 7.48. The van der Waals surface area contributed by atoms with Crippen molar-refractivity contribution in [3.05, 3.63) is 59.7 Å².